The Balaban J connectivity index is 0.00000560. The zero-order chi connectivity index (χ0) is 28.8. The first-order chi connectivity index (χ1) is 18.4. The molecule has 0 fully saturated rings. The van der Waals surface area contributed by atoms with Crippen LogP contribution < -0.4 is 4.90 Å². The quantitative estimate of drug-likeness (QED) is 0.220. The summed E-state index contributed by atoms with van der Waals surface area (Å²) in [4.78, 5) is 2.23. The fraction of sp³-hybridized carbons (Fsp3) is 0.345. The minimum absolute atomic E-state index is 0. The molecule has 0 saturated heterocycles. The molecule has 0 amide bonds. The summed E-state index contributed by atoms with van der Waals surface area (Å²) in [7, 11) is -8.89. The third-order valence-corrected chi connectivity index (χ3v) is 8.09. The van der Waals surface area contributed by atoms with Gasteiger partial charge in [-0.2, -0.15) is 16.8 Å². The molecule has 1 aliphatic rings. The van der Waals surface area contributed by atoms with Gasteiger partial charge in [0.1, 0.15) is 24.6 Å². The molecule has 40 heavy (non-hydrogen) atoms. The van der Waals surface area contributed by atoms with E-state index < -0.39 is 31.7 Å². The van der Waals surface area contributed by atoms with Gasteiger partial charge >= 0.3 is 0 Å². The number of hydrogen-bond acceptors (Lipinski definition) is 5. The maximum atomic E-state index is 11.8. The Labute approximate surface area is 281 Å². The van der Waals surface area contributed by atoms with Gasteiger partial charge < -0.3 is 4.90 Å². The van der Waals surface area contributed by atoms with Crippen LogP contribution >= 0.6 is 0 Å². The first kappa shape index (κ1) is 34.8. The van der Waals surface area contributed by atoms with E-state index in [1.165, 1.54) is 6.07 Å². The molecule has 2 N–H and O–H groups in total. The van der Waals surface area contributed by atoms with Crippen molar-refractivity contribution in [3.05, 3.63) is 94.6 Å². The molecule has 1 radical (unpaired) electrons. The minimum Gasteiger partial charge on any atom is -0.372 e. The van der Waals surface area contributed by atoms with E-state index in [9.17, 15) is 25.9 Å². The van der Waals surface area contributed by atoms with Gasteiger partial charge in [0.05, 0.1) is 0 Å². The van der Waals surface area contributed by atoms with Crippen LogP contribution in [0.5, 0.6) is 0 Å². The molecule has 0 aliphatic heterocycles. The zero-order valence-electron chi connectivity index (χ0n) is 23.8. The van der Waals surface area contributed by atoms with Gasteiger partial charge in [0, 0.05) is 82.3 Å². The summed E-state index contributed by atoms with van der Waals surface area (Å²) in [6.45, 7) is 11.9. The van der Waals surface area contributed by atoms with Crippen molar-refractivity contribution in [3.8, 4) is 0 Å². The fourth-order valence-corrected chi connectivity index (χ4v) is 6.14. The van der Waals surface area contributed by atoms with Crippen molar-refractivity contribution in [1.82, 2.24) is 0 Å². The maximum absolute atomic E-state index is 11.8. The molecule has 0 heterocycles. The molecular formula is C29H37KN2O6S2+. The molecule has 8 nitrogen and oxygen atoms in total. The molecule has 0 bridgehead atoms. The summed E-state index contributed by atoms with van der Waals surface area (Å²) in [5, 5.41) is 0. The van der Waals surface area contributed by atoms with Crippen molar-refractivity contribution in [2.75, 3.05) is 31.1 Å². The molecule has 1 aliphatic carbocycles. The fourth-order valence-electron chi connectivity index (χ4n) is 4.80. The number of rotatable bonds is 11. The van der Waals surface area contributed by atoms with E-state index in [4.69, 9.17) is 0 Å². The van der Waals surface area contributed by atoms with Crippen LogP contribution in [0.3, 0.4) is 0 Å². The number of allylic oxidation sites excluding steroid dienone is 5. The number of hydrogen-bond donors (Lipinski definition) is 2. The second kappa shape index (κ2) is 15.2. The van der Waals surface area contributed by atoms with Gasteiger partial charge in [0.2, 0.25) is 0 Å². The van der Waals surface area contributed by atoms with E-state index in [1.807, 2.05) is 48.6 Å². The van der Waals surface area contributed by atoms with Crippen molar-refractivity contribution >= 4 is 88.6 Å². The average molecular weight is 613 g/mol. The van der Waals surface area contributed by atoms with E-state index in [0.717, 1.165) is 54.3 Å². The van der Waals surface area contributed by atoms with E-state index in [0.29, 0.717) is 5.56 Å². The molecule has 0 atom stereocenters. The molecule has 0 spiro atoms. The topological polar surface area (TPSA) is 115 Å². The summed E-state index contributed by atoms with van der Waals surface area (Å²) in [5.41, 5.74) is 5.62. The van der Waals surface area contributed by atoms with Gasteiger partial charge in [-0.05, 0) is 91.4 Å². The van der Waals surface area contributed by atoms with Crippen molar-refractivity contribution in [3.63, 3.8) is 0 Å². The average Bonchev–Trinajstić information content (AvgIpc) is 2.87. The Kier molecular flexibility index (Phi) is 13.2. The maximum Gasteiger partial charge on any atom is 0.269 e. The molecule has 211 valence electrons. The van der Waals surface area contributed by atoms with Crippen LogP contribution in [0.15, 0.2) is 72.3 Å². The zero-order valence-corrected chi connectivity index (χ0v) is 28.6. The summed E-state index contributed by atoms with van der Waals surface area (Å²) < 4.78 is 67.9. The van der Waals surface area contributed by atoms with Crippen LogP contribution in [-0.2, 0) is 31.7 Å². The van der Waals surface area contributed by atoms with Crippen molar-refractivity contribution in [2.45, 2.75) is 39.2 Å². The second-order valence-corrected chi connectivity index (χ2v) is 12.2. The molecule has 0 saturated carbocycles. The number of benzene rings is 2. The van der Waals surface area contributed by atoms with Gasteiger partial charge in [0.25, 0.3) is 20.2 Å². The monoisotopic (exact) mass is 612 g/mol. The van der Waals surface area contributed by atoms with Crippen molar-refractivity contribution in [2.24, 2.45) is 0 Å². The minimum atomic E-state index is -4.47. The summed E-state index contributed by atoms with van der Waals surface area (Å²) in [6.07, 6.45) is 8.10. The third-order valence-electron chi connectivity index (χ3n) is 6.74. The Bertz CT molecular complexity index is 1510. The molecule has 0 unspecified atom stereocenters. The third kappa shape index (κ3) is 9.57. The Morgan fingerprint density at radius 1 is 0.725 bits per heavy atom. The first-order valence-corrected chi connectivity index (χ1v) is 16.2. The molecular weight excluding hydrogens is 576 g/mol. The number of anilines is 1. The van der Waals surface area contributed by atoms with Crippen molar-refractivity contribution in [1.29, 1.82) is 0 Å². The van der Waals surface area contributed by atoms with E-state index in [1.54, 1.807) is 12.1 Å². The van der Waals surface area contributed by atoms with Gasteiger partial charge in [-0.3, -0.25) is 9.11 Å². The van der Waals surface area contributed by atoms with Crippen LogP contribution in [0.2, 0.25) is 0 Å². The van der Waals surface area contributed by atoms with Crippen LogP contribution in [0, 0.1) is 0 Å². The molecule has 0 aromatic heterocycles. The molecule has 2 aromatic rings. The Hall–Kier alpha value is -1.41. The van der Waals surface area contributed by atoms with Crippen LogP contribution in [0.25, 0.3) is 5.57 Å². The summed E-state index contributed by atoms with van der Waals surface area (Å²) in [5.74, 6) is -1.54. The predicted molar refractivity (Wildman–Crippen MR) is 163 cm³/mol. The van der Waals surface area contributed by atoms with Gasteiger partial charge in [0.15, 0.2) is 5.71 Å². The standard InChI is InChI=1S/C29H36N2O6S2.K/c1-5-30(6-2)27-15-11-22(12-16-27)29(23-13-17-28(18-14-23)31(7-3)8-4)24-9-10-25(20-38(32,33)34)26(19-24)21-39(35,36)37;/h9-19H,5-8,20-21H2,1-4H3,(H-,32,33,34,35,36,37);/p+1. The van der Waals surface area contributed by atoms with Crippen LogP contribution in [-0.4, -0.2) is 114 Å². The second-order valence-electron chi connectivity index (χ2n) is 9.25. The van der Waals surface area contributed by atoms with Crippen LogP contribution in [0.4, 0.5) is 5.69 Å². The van der Waals surface area contributed by atoms with Crippen molar-refractivity contribution < 1.29 is 30.5 Å². The predicted octanol–water partition coefficient (Wildman–Crippen LogP) is 4.35. The van der Waals surface area contributed by atoms with E-state index in [-0.39, 0.29) is 62.5 Å². The number of nitrogens with zero attached hydrogens (tertiary/aromatic N) is 2. The van der Waals surface area contributed by atoms with E-state index >= 15 is 0 Å². The largest absolute Gasteiger partial charge is 0.372 e. The SMILES string of the molecule is CCN(CC)c1ccc(C(=C2C=CC(=[N+](CC)CC)C=C2)c2ccc(CS(=O)(=O)O)c(CS(=O)(=O)O)c2)cc1.[K]. The summed E-state index contributed by atoms with van der Waals surface area (Å²) >= 11 is 0. The first-order valence-electron chi connectivity index (χ1n) is 13.0. The van der Waals surface area contributed by atoms with Gasteiger partial charge in [-0.1, -0.05) is 24.3 Å². The van der Waals surface area contributed by atoms with Crippen LogP contribution in [0.1, 0.15) is 49.9 Å². The molecule has 3 rings (SSSR count). The smallest absolute Gasteiger partial charge is 0.269 e. The van der Waals surface area contributed by atoms with Gasteiger partial charge in [-0.25, -0.2) is 4.58 Å². The molecule has 11 heteroatoms. The Morgan fingerprint density at radius 3 is 1.70 bits per heavy atom. The Morgan fingerprint density at radius 2 is 1.23 bits per heavy atom. The molecule has 2 aromatic carbocycles. The summed E-state index contributed by atoms with van der Waals surface area (Å²) in [6, 6.07) is 12.9. The van der Waals surface area contributed by atoms with E-state index in [2.05, 4.69) is 37.2 Å². The van der Waals surface area contributed by atoms with Gasteiger partial charge in [-0.15, -0.1) is 0 Å². The normalized spacial score (nSPS) is 13.2.